The highest BCUT2D eigenvalue weighted by Gasteiger charge is 2.63. The van der Waals surface area contributed by atoms with Crippen molar-refractivity contribution >= 4 is 34.5 Å². The van der Waals surface area contributed by atoms with E-state index in [1.165, 1.54) is 15.6 Å². The molecule has 0 amide bonds. The zero-order valence-corrected chi connectivity index (χ0v) is 20.0. The minimum atomic E-state index is -0.875. The Labute approximate surface area is 202 Å². The summed E-state index contributed by atoms with van der Waals surface area (Å²) >= 11 is 2.28. The highest BCUT2D eigenvalue weighted by molar-refractivity contribution is 14.1. The van der Waals surface area contributed by atoms with E-state index in [0.29, 0.717) is 6.61 Å². The Kier molecular flexibility index (Phi) is 6.14. The SMILES string of the molecule is Ic1ccc(OCc2ccccc2)cc1.O=C1CC(=O)OC2(O1)[C@H]1C[C@H]3C[C@H](C1)C[C@H]2C3. The number of hydrogen-bond acceptors (Lipinski definition) is 5. The average molecular weight is 546 g/mol. The van der Waals surface area contributed by atoms with Gasteiger partial charge in [-0.15, -0.1) is 0 Å². The van der Waals surface area contributed by atoms with E-state index in [1.807, 2.05) is 42.5 Å². The molecule has 5 aliphatic rings. The molecule has 4 saturated carbocycles. The van der Waals surface area contributed by atoms with Crippen molar-refractivity contribution in [1.82, 2.24) is 0 Å². The van der Waals surface area contributed by atoms with Crippen LogP contribution in [0.3, 0.4) is 0 Å². The molecule has 0 N–H and O–H groups in total. The predicted molar refractivity (Wildman–Crippen MR) is 127 cm³/mol. The molecule has 32 heavy (non-hydrogen) atoms. The van der Waals surface area contributed by atoms with Crippen molar-refractivity contribution < 1.29 is 23.8 Å². The van der Waals surface area contributed by atoms with Crippen molar-refractivity contribution in [3.8, 4) is 5.75 Å². The summed E-state index contributed by atoms with van der Waals surface area (Å²) in [6, 6.07) is 18.2. The van der Waals surface area contributed by atoms with Gasteiger partial charge in [-0.3, -0.25) is 9.59 Å². The van der Waals surface area contributed by atoms with Crippen molar-refractivity contribution in [1.29, 1.82) is 0 Å². The van der Waals surface area contributed by atoms with Crippen LogP contribution < -0.4 is 4.74 Å². The molecule has 168 valence electrons. The fraction of sp³-hybridized carbons (Fsp3) is 0.462. The number of carbonyl (C=O) groups excluding carboxylic acids is 2. The normalized spacial score (nSPS) is 29.0. The molecule has 4 aliphatic carbocycles. The molecule has 0 unspecified atom stereocenters. The highest BCUT2D eigenvalue weighted by Crippen LogP contribution is 2.60. The molecule has 1 saturated heterocycles. The smallest absolute Gasteiger partial charge is 0.320 e. The molecule has 2 aromatic carbocycles. The van der Waals surface area contributed by atoms with E-state index >= 15 is 0 Å². The lowest BCUT2D eigenvalue weighted by Crippen LogP contribution is -2.63. The molecule has 1 spiro atoms. The van der Waals surface area contributed by atoms with Crippen LogP contribution in [0.25, 0.3) is 0 Å². The predicted octanol–water partition coefficient (Wildman–Crippen LogP) is 5.50. The summed E-state index contributed by atoms with van der Waals surface area (Å²) in [5.74, 6) is 1.30. The van der Waals surface area contributed by atoms with E-state index in [9.17, 15) is 9.59 Å². The molecule has 1 heterocycles. The maximum absolute atomic E-state index is 11.5. The molecule has 1 aliphatic heterocycles. The summed E-state index contributed by atoms with van der Waals surface area (Å²) in [5, 5.41) is 0. The third-order valence-electron chi connectivity index (χ3n) is 7.17. The van der Waals surface area contributed by atoms with Crippen LogP contribution in [-0.2, 0) is 25.7 Å². The van der Waals surface area contributed by atoms with Crippen molar-refractivity contribution in [3.63, 3.8) is 0 Å². The molecule has 5 nitrogen and oxygen atoms in total. The second-order valence-electron chi connectivity index (χ2n) is 9.38. The van der Waals surface area contributed by atoms with E-state index in [0.717, 1.165) is 43.3 Å². The molecular weight excluding hydrogens is 519 g/mol. The molecule has 7 rings (SSSR count). The van der Waals surface area contributed by atoms with E-state index in [1.54, 1.807) is 0 Å². The first-order valence-electron chi connectivity index (χ1n) is 11.4. The summed E-state index contributed by atoms with van der Waals surface area (Å²) in [7, 11) is 0. The number of esters is 2. The maximum Gasteiger partial charge on any atom is 0.320 e. The van der Waals surface area contributed by atoms with Gasteiger partial charge in [0.2, 0.25) is 0 Å². The molecule has 0 aromatic heterocycles. The third kappa shape index (κ3) is 4.51. The number of hydrogen-bond donors (Lipinski definition) is 0. The van der Waals surface area contributed by atoms with Crippen molar-refractivity contribution in [2.75, 3.05) is 0 Å². The minimum Gasteiger partial charge on any atom is -0.489 e. The average Bonchev–Trinajstić information content (AvgIpc) is 2.77. The second-order valence-corrected chi connectivity index (χ2v) is 10.6. The first kappa shape index (κ1) is 21.7. The van der Waals surface area contributed by atoms with Crippen LogP contribution in [0.15, 0.2) is 54.6 Å². The molecule has 0 atom stereocenters. The summed E-state index contributed by atoms with van der Waals surface area (Å²) < 4.78 is 17.9. The first-order chi connectivity index (χ1) is 15.5. The van der Waals surface area contributed by atoms with E-state index in [2.05, 4.69) is 34.7 Å². The maximum atomic E-state index is 11.5. The molecule has 6 heteroatoms. The van der Waals surface area contributed by atoms with Crippen molar-refractivity contribution in [2.45, 2.75) is 50.9 Å². The lowest BCUT2D eigenvalue weighted by atomic mass is 9.53. The highest BCUT2D eigenvalue weighted by atomic mass is 127. The summed E-state index contributed by atoms with van der Waals surface area (Å²) in [5.41, 5.74) is 1.19. The monoisotopic (exact) mass is 546 g/mol. The Morgan fingerprint density at radius 2 is 1.38 bits per heavy atom. The van der Waals surface area contributed by atoms with Crippen LogP contribution in [0.2, 0.25) is 0 Å². The van der Waals surface area contributed by atoms with Gasteiger partial charge >= 0.3 is 11.9 Å². The quantitative estimate of drug-likeness (QED) is 0.289. The molecule has 2 aromatic rings. The summed E-state index contributed by atoms with van der Waals surface area (Å²) in [6.07, 6.45) is 5.36. The zero-order chi connectivity index (χ0) is 22.1. The summed E-state index contributed by atoms with van der Waals surface area (Å²) in [4.78, 5) is 23.1. The van der Waals surface area contributed by atoms with Crippen LogP contribution in [0.4, 0.5) is 0 Å². The fourth-order valence-electron chi connectivity index (χ4n) is 6.01. The van der Waals surface area contributed by atoms with Crippen LogP contribution in [0, 0.1) is 27.2 Å². The Bertz CT molecular complexity index is 925. The van der Waals surface area contributed by atoms with Gasteiger partial charge in [-0.05, 0) is 96.4 Å². The van der Waals surface area contributed by atoms with Gasteiger partial charge < -0.3 is 14.2 Å². The van der Waals surface area contributed by atoms with Crippen molar-refractivity contribution in [3.05, 3.63) is 63.7 Å². The van der Waals surface area contributed by atoms with Gasteiger partial charge in [0.25, 0.3) is 5.79 Å². The van der Waals surface area contributed by atoms with Gasteiger partial charge in [-0.1, -0.05) is 30.3 Å². The molecule has 4 bridgehead atoms. The lowest BCUT2D eigenvalue weighted by Gasteiger charge is -2.59. The van der Waals surface area contributed by atoms with Crippen molar-refractivity contribution in [2.24, 2.45) is 23.7 Å². The second kappa shape index (κ2) is 9.04. The van der Waals surface area contributed by atoms with Gasteiger partial charge in [0, 0.05) is 15.4 Å². The Morgan fingerprint density at radius 3 is 1.94 bits per heavy atom. The van der Waals surface area contributed by atoms with Crippen LogP contribution in [0.1, 0.15) is 44.1 Å². The van der Waals surface area contributed by atoms with Crippen LogP contribution in [0.5, 0.6) is 5.75 Å². The van der Waals surface area contributed by atoms with Gasteiger partial charge in [0.15, 0.2) is 0 Å². The molecular formula is C26H27IO5. The number of benzene rings is 2. The standard InChI is InChI=1S/C13H11IO.C13H16O4/c14-12-6-8-13(9-7-12)15-10-11-4-2-1-3-5-11;14-11-6-12(15)17-13(16-11)9-2-7-1-8(4-9)5-10(13)3-7/h1-9H,10H2;7-10H,1-6H2/t;7-,8-,9-,10+. The van der Waals surface area contributed by atoms with Crippen LogP contribution in [-0.4, -0.2) is 17.7 Å². The van der Waals surface area contributed by atoms with Gasteiger partial charge in [-0.2, -0.15) is 0 Å². The largest absolute Gasteiger partial charge is 0.489 e. The van der Waals surface area contributed by atoms with Gasteiger partial charge in [0.1, 0.15) is 18.8 Å². The van der Waals surface area contributed by atoms with E-state index < -0.39 is 17.7 Å². The number of carbonyl (C=O) groups is 2. The molecule has 5 fully saturated rings. The third-order valence-corrected chi connectivity index (χ3v) is 7.89. The van der Waals surface area contributed by atoms with Gasteiger partial charge in [-0.25, -0.2) is 0 Å². The Morgan fingerprint density at radius 1 is 0.812 bits per heavy atom. The topological polar surface area (TPSA) is 61.8 Å². The Balaban J connectivity index is 0.000000136. The van der Waals surface area contributed by atoms with E-state index in [4.69, 9.17) is 14.2 Å². The number of halogens is 1. The first-order valence-corrected chi connectivity index (χ1v) is 12.4. The van der Waals surface area contributed by atoms with Crippen LogP contribution >= 0.6 is 22.6 Å². The van der Waals surface area contributed by atoms with Gasteiger partial charge in [0.05, 0.1) is 0 Å². The lowest BCUT2D eigenvalue weighted by molar-refractivity contribution is -0.319. The fourth-order valence-corrected chi connectivity index (χ4v) is 6.37. The minimum absolute atomic E-state index is 0.214. The number of rotatable bonds is 3. The molecule has 0 radical (unpaired) electrons. The zero-order valence-electron chi connectivity index (χ0n) is 17.9. The van der Waals surface area contributed by atoms with E-state index in [-0.39, 0.29) is 18.3 Å². The summed E-state index contributed by atoms with van der Waals surface area (Å²) in [6.45, 7) is 0.626. The number of ether oxygens (including phenoxy) is 3. The Hall–Kier alpha value is -2.09.